The van der Waals surface area contributed by atoms with Crippen LogP contribution in [0.4, 0.5) is 0 Å². The van der Waals surface area contributed by atoms with E-state index in [-0.39, 0.29) is 49.4 Å². The van der Waals surface area contributed by atoms with Crippen molar-refractivity contribution in [1.82, 2.24) is 0 Å². The number of phenols is 10. The molecule has 0 spiro atoms. The Morgan fingerprint density at radius 3 is 1.50 bits per heavy atom. The highest BCUT2D eigenvalue weighted by molar-refractivity contribution is 6.21. The fourth-order valence-corrected chi connectivity index (χ4v) is 9.23. The van der Waals surface area contributed by atoms with E-state index in [9.17, 15) is 66.4 Å². The van der Waals surface area contributed by atoms with Gasteiger partial charge in [0.25, 0.3) is 0 Å². The summed E-state index contributed by atoms with van der Waals surface area (Å²) in [6.45, 7) is 0. The van der Waals surface area contributed by atoms with E-state index in [1.54, 1.807) is 48.5 Å². The van der Waals surface area contributed by atoms with E-state index < -0.39 is 115 Å². The number of phenolic OH excluding ortho intramolecular Hbond substituents is 10. The van der Waals surface area contributed by atoms with Crippen LogP contribution in [0, 0.1) is 0 Å². The summed E-state index contributed by atoms with van der Waals surface area (Å²) < 4.78 is 5.90. The van der Waals surface area contributed by atoms with Gasteiger partial charge < -0.3 is 71.1 Å². The van der Waals surface area contributed by atoms with Gasteiger partial charge in [0.2, 0.25) is 11.5 Å². The monoisotopic (exact) mass is 808 g/mol. The lowest BCUT2D eigenvalue weighted by molar-refractivity contribution is 0.152. The van der Waals surface area contributed by atoms with E-state index in [1.165, 1.54) is 0 Å². The first-order valence-electron chi connectivity index (χ1n) is 18.5. The maximum absolute atomic E-state index is 12.3. The third-order valence-corrected chi connectivity index (χ3v) is 11.9. The Balaban J connectivity index is 1.24. The number of ether oxygens (including phenoxy) is 1. The second-order valence-corrected chi connectivity index (χ2v) is 15.0. The molecule has 13 N–H and O–H groups in total. The van der Waals surface area contributed by atoms with Crippen molar-refractivity contribution in [2.75, 3.05) is 0 Å². The van der Waals surface area contributed by atoms with Crippen LogP contribution < -0.4 is 15.2 Å². The lowest BCUT2D eigenvalue weighted by Crippen LogP contribution is -2.29. The van der Waals surface area contributed by atoms with Gasteiger partial charge in [0.05, 0.1) is 39.0 Å². The third-order valence-electron chi connectivity index (χ3n) is 11.9. The maximum atomic E-state index is 12.3. The topological polar surface area (TPSA) is 272 Å². The summed E-state index contributed by atoms with van der Waals surface area (Å²) in [5.41, 5.74) is -0.950. The first kappa shape index (κ1) is 36.1. The van der Waals surface area contributed by atoms with Crippen LogP contribution in [0.3, 0.4) is 0 Å². The average Bonchev–Trinajstić information content (AvgIpc) is 3.66. The molecular weight excluding hydrogens is 776 g/mol. The number of aliphatic hydroxyl groups is 3. The predicted octanol–water partition coefficient (Wildman–Crippen LogP) is 6.77. The summed E-state index contributed by atoms with van der Waals surface area (Å²) in [6.07, 6.45) is 2.40. The minimum atomic E-state index is -1.69. The fourth-order valence-electron chi connectivity index (χ4n) is 9.23. The molecule has 0 amide bonds. The van der Waals surface area contributed by atoms with Crippen molar-refractivity contribution in [2.24, 2.45) is 0 Å². The molecule has 3 atom stereocenters. The van der Waals surface area contributed by atoms with Gasteiger partial charge >= 0.3 is 0 Å². The number of aromatic hydroxyl groups is 10. The van der Waals surface area contributed by atoms with Crippen LogP contribution in [0.25, 0.3) is 61.2 Å². The summed E-state index contributed by atoms with van der Waals surface area (Å²) in [5, 5.41) is 149. The van der Waals surface area contributed by atoms with Gasteiger partial charge in [-0.3, -0.25) is 0 Å². The normalized spacial score (nSPS) is 18.2. The van der Waals surface area contributed by atoms with Crippen molar-refractivity contribution in [3.63, 3.8) is 0 Å². The summed E-state index contributed by atoms with van der Waals surface area (Å²) in [4.78, 5) is 0. The fraction of sp³-hybridized carbons (Fsp3) is 0.0870. The molecule has 1 aliphatic heterocycles. The third kappa shape index (κ3) is 4.52. The Kier molecular flexibility index (Phi) is 7.44. The molecule has 14 nitrogen and oxygen atoms in total. The zero-order valence-electron chi connectivity index (χ0n) is 30.7. The molecule has 1 heterocycles. The molecule has 2 unspecified atom stereocenters. The van der Waals surface area contributed by atoms with Crippen molar-refractivity contribution in [3.05, 3.63) is 117 Å². The first-order chi connectivity index (χ1) is 28.7. The zero-order valence-corrected chi connectivity index (χ0v) is 30.7. The van der Waals surface area contributed by atoms with Gasteiger partial charge in [-0.2, -0.15) is 0 Å². The Morgan fingerprint density at radius 1 is 0.433 bits per heavy atom. The van der Waals surface area contributed by atoms with Crippen LogP contribution in [0.5, 0.6) is 63.2 Å². The minimum Gasteiger partial charge on any atom is -0.511 e. The van der Waals surface area contributed by atoms with Crippen LogP contribution in [-0.4, -0.2) is 72.5 Å². The molecule has 0 radical (unpaired) electrons. The Labute approximate surface area is 336 Å². The van der Waals surface area contributed by atoms with E-state index in [0.29, 0.717) is 6.42 Å². The van der Waals surface area contributed by atoms with Crippen LogP contribution >= 0.6 is 0 Å². The van der Waals surface area contributed by atoms with Gasteiger partial charge in [0, 0.05) is 17.0 Å². The van der Waals surface area contributed by atoms with E-state index in [4.69, 9.17) is 4.74 Å². The van der Waals surface area contributed by atoms with Gasteiger partial charge in [-0.15, -0.1) is 0 Å². The second-order valence-electron chi connectivity index (χ2n) is 15.0. The van der Waals surface area contributed by atoms with E-state index in [2.05, 4.69) is 0 Å². The number of rotatable bonds is 3. The minimum absolute atomic E-state index is 0.0845. The van der Waals surface area contributed by atoms with Gasteiger partial charge in [-0.05, 0) is 38.4 Å². The summed E-state index contributed by atoms with van der Waals surface area (Å²) >= 11 is 0. The molecule has 0 saturated heterocycles. The van der Waals surface area contributed by atoms with E-state index >= 15 is 0 Å². The molecule has 7 aromatic carbocycles. The van der Waals surface area contributed by atoms with E-state index in [0.717, 1.165) is 10.4 Å². The molecule has 0 fully saturated rings. The molecule has 0 bridgehead atoms. The van der Waals surface area contributed by atoms with Crippen LogP contribution in [0.15, 0.2) is 90.1 Å². The number of allylic oxidation sites excluding steroid dienone is 1. The SMILES string of the molecule is OC1=C(O)C2Oc3c(c(O)c(O)c4c(O)c(O)c(O)c(O)c34)[C@H]2C(O)=C1c1c2ccccc2c(-c2c(O)c(O)c(C3C=c4ccccc4=CC3)c(O)c2O)c2ccccc12. The number of hydrogen-bond donors (Lipinski definition) is 13. The quantitative estimate of drug-likeness (QED) is 0.0499. The standard InChI is InChI=1S/C46H32O14/c47-32-26(39(54)44(59)46-30(32)31-40(55)37(52)28-29(45(31)60-46)41(56)43(58)42(57)38(28)53)24-19-9-3-5-11-21(19)25(22-12-6-4-10-20(22)24)27-35(50)33(48)23(34(49)36(27)51)18-14-13-16-7-1-2-8-17(16)15-18/h1-13,15,18,30,46-59H,14H2/t18?,30-,46?/m0/s1. The lowest BCUT2D eigenvalue weighted by atomic mass is 9.78. The Morgan fingerprint density at radius 2 is 0.917 bits per heavy atom. The summed E-state index contributed by atoms with van der Waals surface area (Å²) in [6, 6.07) is 20.4. The van der Waals surface area contributed by atoms with Gasteiger partial charge in [0.1, 0.15) is 11.5 Å². The molecule has 3 aliphatic rings. The van der Waals surface area contributed by atoms with Crippen LogP contribution in [0.1, 0.15) is 34.9 Å². The number of fused-ring (bicyclic) bond motifs is 8. The summed E-state index contributed by atoms with van der Waals surface area (Å²) in [7, 11) is 0. The molecule has 60 heavy (non-hydrogen) atoms. The lowest BCUT2D eigenvalue weighted by Gasteiger charge is -2.28. The van der Waals surface area contributed by atoms with Crippen molar-refractivity contribution in [2.45, 2.75) is 24.4 Å². The second kappa shape index (κ2) is 12.4. The molecule has 7 aromatic rings. The van der Waals surface area contributed by atoms with E-state index in [1.807, 2.05) is 36.4 Å². The van der Waals surface area contributed by atoms with Crippen molar-refractivity contribution in [1.29, 1.82) is 0 Å². The molecule has 14 heteroatoms. The highest BCUT2D eigenvalue weighted by Crippen LogP contribution is 2.64. The zero-order chi connectivity index (χ0) is 42.2. The number of hydrogen-bond acceptors (Lipinski definition) is 14. The largest absolute Gasteiger partial charge is 0.511 e. The van der Waals surface area contributed by atoms with Gasteiger partial charge in [0.15, 0.2) is 63.6 Å². The first-order valence-corrected chi connectivity index (χ1v) is 18.5. The Bertz CT molecular complexity index is 3240. The summed E-state index contributed by atoms with van der Waals surface area (Å²) in [5.74, 6) is -14.6. The van der Waals surface area contributed by atoms with Crippen LogP contribution in [-0.2, 0) is 0 Å². The predicted molar refractivity (Wildman–Crippen MR) is 218 cm³/mol. The van der Waals surface area contributed by atoms with Crippen molar-refractivity contribution >= 4 is 50.0 Å². The number of aliphatic hydroxyl groups excluding tert-OH is 3. The van der Waals surface area contributed by atoms with Crippen molar-refractivity contribution < 1.29 is 71.1 Å². The van der Waals surface area contributed by atoms with Crippen molar-refractivity contribution in [3.8, 4) is 74.4 Å². The molecule has 300 valence electrons. The highest BCUT2D eigenvalue weighted by Gasteiger charge is 2.51. The Hall–Kier alpha value is -8.26. The molecule has 0 saturated carbocycles. The smallest absolute Gasteiger partial charge is 0.205 e. The highest BCUT2D eigenvalue weighted by atomic mass is 16.5. The van der Waals surface area contributed by atoms with Gasteiger partial charge in [-0.1, -0.05) is 84.9 Å². The van der Waals surface area contributed by atoms with Gasteiger partial charge in [-0.25, -0.2) is 0 Å². The molecular formula is C46H32O14. The molecule has 2 aliphatic carbocycles. The average molecular weight is 809 g/mol. The maximum Gasteiger partial charge on any atom is 0.205 e. The molecule has 10 rings (SSSR count). The van der Waals surface area contributed by atoms with Crippen LogP contribution in [0.2, 0.25) is 0 Å². The molecule has 0 aromatic heterocycles. The number of benzene rings is 7.